The third-order valence-corrected chi connectivity index (χ3v) is 7.04. The van der Waals surface area contributed by atoms with Gasteiger partial charge < -0.3 is 4.74 Å². The lowest BCUT2D eigenvalue weighted by atomic mass is 9.71. The molecule has 0 bridgehead atoms. The molecular formula is C22H23F3N2O3. The van der Waals surface area contributed by atoms with Gasteiger partial charge in [-0.3, -0.25) is 9.59 Å². The number of halogens is 3. The summed E-state index contributed by atoms with van der Waals surface area (Å²) in [5, 5.41) is 9.00. The Hall–Kier alpha value is -2.40. The van der Waals surface area contributed by atoms with Crippen molar-refractivity contribution in [3.63, 3.8) is 0 Å². The number of imide groups is 1. The summed E-state index contributed by atoms with van der Waals surface area (Å²) in [4.78, 5) is 27.3. The predicted molar refractivity (Wildman–Crippen MR) is 101 cm³/mol. The van der Waals surface area contributed by atoms with E-state index >= 15 is 0 Å². The number of benzene rings is 1. The first kappa shape index (κ1) is 20.9. The molecule has 2 heterocycles. The molecule has 5 nitrogen and oxygen atoms in total. The quantitative estimate of drug-likeness (QED) is 0.664. The van der Waals surface area contributed by atoms with Crippen molar-refractivity contribution in [3.05, 3.63) is 29.3 Å². The summed E-state index contributed by atoms with van der Waals surface area (Å²) < 4.78 is 46.5. The molecule has 1 saturated carbocycles. The summed E-state index contributed by atoms with van der Waals surface area (Å²) in [5.41, 5.74) is -3.39. The summed E-state index contributed by atoms with van der Waals surface area (Å²) in [6.45, 7) is 7.41. The van der Waals surface area contributed by atoms with Crippen molar-refractivity contribution < 1.29 is 27.5 Å². The van der Waals surface area contributed by atoms with E-state index in [1.165, 1.54) is 12.1 Å². The van der Waals surface area contributed by atoms with Crippen LogP contribution in [0, 0.1) is 28.6 Å². The van der Waals surface area contributed by atoms with Crippen LogP contribution in [0.25, 0.3) is 0 Å². The molecule has 2 aliphatic heterocycles. The van der Waals surface area contributed by atoms with Crippen LogP contribution in [0.4, 0.5) is 18.9 Å². The average molecular weight is 420 g/mol. The number of nitrogens with zero attached hydrogens (tertiary/aromatic N) is 2. The van der Waals surface area contributed by atoms with Gasteiger partial charge in [0.25, 0.3) is 0 Å². The maximum absolute atomic E-state index is 13.4. The van der Waals surface area contributed by atoms with E-state index in [9.17, 15) is 22.8 Å². The Morgan fingerprint density at radius 3 is 2.33 bits per heavy atom. The van der Waals surface area contributed by atoms with Crippen molar-refractivity contribution in [2.75, 3.05) is 4.90 Å². The number of hydrogen-bond donors (Lipinski definition) is 0. The van der Waals surface area contributed by atoms with Crippen molar-refractivity contribution in [1.82, 2.24) is 0 Å². The fraction of sp³-hybridized carbons (Fsp3) is 0.591. The van der Waals surface area contributed by atoms with Gasteiger partial charge in [0, 0.05) is 5.41 Å². The van der Waals surface area contributed by atoms with Crippen molar-refractivity contribution >= 4 is 17.5 Å². The van der Waals surface area contributed by atoms with Crippen molar-refractivity contribution in [1.29, 1.82) is 5.26 Å². The molecule has 1 spiro atoms. The Bertz CT molecular complexity index is 990. The molecule has 0 radical (unpaired) electrons. The molecule has 8 heteroatoms. The molecule has 1 aliphatic carbocycles. The maximum atomic E-state index is 13.4. The minimum Gasteiger partial charge on any atom is -0.368 e. The Morgan fingerprint density at radius 2 is 1.80 bits per heavy atom. The third kappa shape index (κ3) is 2.78. The van der Waals surface area contributed by atoms with Gasteiger partial charge in [0.15, 0.2) is 0 Å². The molecule has 1 aromatic rings. The van der Waals surface area contributed by atoms with Gasteiger partial charge in [-0.25, -0.2) is 4.90 Å². The zero-order valence-electron chi connectivity index (χ0n) is 17.3. The van der Waals surface area contributed by atoms with Gasteiger partial charge in [-0.1, -0.05) is 6.92 Å². The van der Waals surface area contributed by atoms with Gasteiger partial charge in [0.05, 0.1) is 45.9 Å². The minimum absolute atomic E-state index is 0.170. The molecule has 0 aromatic heterocycles. The number of anilines is 1. The maximum Gasteiger partial charge on any atom is 0.417 e. The lowest BCUT2D eigenvalue weighted by Crippen LogP contribution is -2.48. The van der Waals surface area contributed by atoms with Crippen LogP contribution < -0.4 is 4.90 Å². The number of carbonyl (C=O) groups is 2. The first-order chi connectivity index (χ1) is 13.8. The monoisotopic (exact) mass is 420 g/mol. The van der Waals surface area contributed by atoms with Crippen LogP contribution in [-0.4, -0.2) is 23.0 Å². The second-order valence-electron chi connectivity index (χ2n) is 9.54. The molecule has 30 heavy (non-hydrogen) atoms. The summed E-state index contributed by atoms with van der Waals surface area (Å²) >= 11 is 0. The van der Waals surface area contributed by atoms with E-state index in [0.717, 1.165) is 30.2 Å². The second kappa shape index (κ2) is 6.07. The van der Waals surface area contributed by atoms with Gasteiger partial charge in [-0.15, -0.1) is 0 Å². The lowest BCUT2D eigenvalue weighted by molar-refractivity contribution is -0.151. The summed E-state index contributed by atoms with van der Waals surface area (Å²) in [6, 6.07) is 4.43. The molecule has 1 aromatic carbocycles. The SMILES string of the molecule is CC1C(=O)N(c2ccc(C#N)c(C(F)(F)F)c2)C(=O)C1C1(C)OC(C)(C)CC12CC2. The lowest BCUT2D eigenvalue weighted by Gasteiger charge is -2.38. The van der Waals surface area contributed by atoms with E-state index in [-0.39, 0.29) is 11.1 Å². The van der Waals surface area contributed by atoms with Crippen molar-refractivity contribution in [2.45, 2.75) is 64.3 Å². The number of ether oxygens (including phenoxy) is 1. The number of alkyl halides is 3. The molecule has 4 rings (SSSR count). The fourth-order valence-electron chi connectivity index (χ4n) is 5.70. The van der Waals surface area contributed by atoms with Crippen LogP contribution in [-0.2, 0) is 20.5 Å². The topological polar surface area (TPSA) is 70.4 Å². The number of hydrogen-bond acceptors (Lipinski definition) is 4. The zero-order valence-corrected chi connectivity index (χ0v) is 17.3. The highest BCUT2D eigenvalue weighted by Gasteiger charge is 2.72. The molecule has 160 valence electrons. The summed E-state index contributed by atoms with van der Waals surface area (Å²) in [5.74, 6) is -2.59. The molecule has 0 N–H and O–H groups in total. The summed E-state index contributed by atoms with van der Waals surface area (Å²) in [6.07, 6.45) is -2.21. The number of nitriles is 1. The molecule has 3 fully saturated rings. The largest absolute Gasteiger partial charge is 0.417 e. The third-order valence-electron chi connectivity index (χ3n) is 7.04. The Morgan fingerprint density at radius 1 is 1.17 bits per heavy atom. The Balaban J connectivity index is 1.76. The Labute approximate surface area is 172 Å². The van der Waals surface area contributed by atoms with Gasteiger partial charge in [-0.05, 0) is 58.2 Å². The number of carbonyl (C=O) groups excluding carboxylic acids is 2. The number of rotatable bonds is 2. The van der Waals surface area contributed by atoms with Gasteiger partial charge >= 0.3 is 6.18 Å². The molecule has 3 aliphatic rings. The smallest absolute Gasteiger partial charge is 0.368 e. The normalized spacial score (nSPS) is 32.0. The van der Waals surface area contributed by atoms with E-state index in [0.29, 0.717) is 6.07 Å². The Kier molecular flexibility index (Phi) is 4.22. The van der Waals surface area contributed by atoms with Crippen LogP contribution in [0.3, 0.4) is 0 Å². The molecule has 2 amide bonds. The highest BCUT2D eigenvalue weighted by molar-refractivity contribution is 6.22. The molecular weight excluding hydrogens is 397 g/mol. The van der Waals surface area contributed by atoms with Crippen LogP contribution in [0.5, 0.6) is 0 Å². The first-order valence-electron chi connectivity index (χ1n) is 9.96. The highest BCUT2D eigenvalue weighted by Crippen LogP contribution is 2.69. The van der Waals surface area contributed by atoms with Crippen LogP contribution in [0.1, 0.15) is 58.1 Å². The van der Waals surface area contributed by atoms with Crippen molar-refractivity contribution in [3.8, 4) is 6.07 Å². The van der Waals surface area contributed by atoms with Crippen molar-refractivity contribution in [2.24, 2.45) is 17.3 Å². The summed E-state index contributed by atoms with van der Waals surface area (Å²) in [7, 11) is 0. The van der Waals surface area contributed by atoms with Crippen LogP contribution in [0.15, 0.2) is 18.2 Å². The van der Waals surface area contributed by atoms with E-state index in [2.05, 4.69) is 0 Å². The first-order valence-corrected chi connectivity index (χ1v) is 9.96. The van der Waals surface area contributed by atoms with E-state index in [1.54, 1.807) is 6.92 Å². The minimum atomic E-state index is -4.78. The predicted octanol–water partition coefficient (Wildman–Crippen LogP) is 4.44. The van der Waals surface area contributed by atoms with Gasteiger partial charge in [0.1, 0.15) is 0 Å². The van der Waals surface area contributed by atoms with Crippen LogP contribution in [0.2, 0.25) is 0 Å². The zero-order chi connectivity index (χ0) is 22.3. The standard InChI is InChI=1S/C22H23F3N2O3/c1-12-16(20(4)21(7-8-21)11-19(2,3)30-20)18(29)27(17(12)28)14-6-5-13(10-26)15(9-14)22(23,24)25/h5-6,9,12,16H,7-8,11H2,1-4H3. The average Bonchev–Trinajstić information content (AvgIpc) is 3.31. The second-order valence-corrected chi connectivity index (χ2v) is 9.54. The van der Waals surface area contributed by atoms with Gasteiger partial charge in [0.2, 0.25) is 11.8 Å². The van der Waals surface area contributed by atoms with Gasteiger partial charge in [-0.2, -0.15) is 18.4 Å². The molecule has 3 atom stereocenters. The highest BCUT2D eigenvalue weighted by atomic mass is 19.4. The van der Waals surface area contributed by atoms with E-state index < -0.39 is 52.2 Å². The number of amides is 2. The van der Waals surface area contributed by atoms with E-state index in [4.69, 9.17) is 10.00 Å². The molecule has 3 unspecified atom stereocenters. The molecule has 2 saturated heterocycles. The fourth-order valence-corrected chi connectivity index (χ4v) is 5.70. The van der Waals surface area contributed by atoms with Crippen LogP contribution >= 0.6 is 0 Å². The van der Waals surface area contributed by atoms with E-state index in [1.807, 2.05) is 20.8 Å².